The average molecular weight is 350 g/mol. The van der Waals surface area contributed by atoms with Gasteiger partial charge in [0.15, 0.2) is 0 Å². The van der Waals surface area contributed by atoms with Crippen molar-refractivity contribution in [2.24, 2.45) is 0 Å². The standard InChI is InChI=1S/C12H13BrFNOS2/c13-11-5-8(14)1-2-10(11)12(16)15-6-9-7-17-3-4-18-9/h1-2,5,9H,3-4,6-7H2,(H,15,16). The van der Waals surface area contributed by atoms with Crippen molar-refractivity contribution in [3.05, 3.63) is 34.1 Å². The van der Waals surface area contributed by atoms with Gasteiger partial charge in [0.2, 0.25) is 0 Å². The predicted molar refractivity (Wildman–Crippen MR) is 80.0 cm³/mol. The Morgan fingerprint density at radius 3 is 3.00 bits per heavy atom. The van der Waals surface area contributed by atoms with E-state index in [0.29, 0.717) is 21.8 Å². The molecule has 1 aliphatic heterocycles. The topological polar surface area (TPSA) is 29.1 Å². The molecule has 1 unspecified atom stereocenters. The Hall–Kier alpha value is -0.200. The SMILES string of the molecule is O=C(NCC1CSCCS1)c1ccc(F)cc1Br. The summed E-state index contributed by atoms with van der Waals surface area (Å²) in [6.45, 7) is 0.667. The van der Waals surface area contributed by atoms with E-state index in [1.165, 1.54) is 24.0 Å². The summed E-state index contributed by atoms with van der Waals surface area (Å²) in [6.07, 6.45) is 0. The molecule has 1 N–H and O–H groups in total. The molecule has 6 heteroatoms. The number of amides is 1. The molecule has 1 amide bonds. The molecule has 1 fully saturated rings. The van der Waals surface area contributed by atoms with Crippen molar-refractivity contribution in [1.29, 1.82) is 0 Å². The highest BCUT2D eigenvalue weighted by Gasteiger charge is 2.16. The minimum absolute atomic E-state index is 0.155. The lowest BCUT2D eigenvalue weighted by molar-refractivity contribution is 0.0953. The molecule has 0 radical (unpaired) electrons. The molecule has 0 saturated carbocycles. The molecule has 0 aromatic heterocycles. The number of nitrogens with one attached hydrogen (secondary N) is 1. The van der Waals surface area contributed by atoms with Crippen molar-refractivity contribution < 1.29 is 9.18 Å². The fourth-order valence-electron chi connectivity index (χ4n) is 1.63. The van der Waals surface area contributed by atoms with Gasteiger partial charge in [0.05, 0.1) is 5.56 Å². The highest BCUT2D eigenvalue weighted by molar-refractivity contribution is 9.10. The quantitative estimate of drug-likeness (QED) is 0.908. The molecule has 0 aliphatic carbocycles. The highest BCUT2D eigenvalue weighted by atomic mass is 79.9. The van der Waals surface area contributed by atoms with Crippen molar-refractivity contribution in [2.75, 3.05) is 23.8 Å². The van der Waals surface area contributed by atoms with Gasteiger partial charge in [-0.1, -0.05) is 0 Å². The number of benzene rings is 1. The molecule has 1 aromatic rings. The molecule has 2 rings (SSSR count). The first-order valence-electron chi connectivity index (χ1n) is 5.59. The van der Waals surface area contributed by atoms with E-state index >= 15 is 0 Å². The molecule has 1 aliphatic rings. The minimum Gasteiger partial charge on any atom is -0.351 e. The molecule has 1 saturated heterocycles. The van der Waals surface area contributed by atoms with Crippen LogP contribution in [0.3, 0.4) is 0 Å². The number of hydrogen-bond acceptors (Lipinski definition) is 3. The second-order valence-corrected chi connectivity index (χ2v) is 7.31. The second-order valence-electron chi connectivity index (χ2n) is 3.90. The Bertz CT molecular complexity index is 438. The van der Waals surface area contributed by atoms with E-state index in [1.807, 2.05) is 23.5 Å². The lowest BCUT2D eigenvalue weighted by atomic mass is 10.2. The number of thioether (sulfide) groups is 2. The van der Waals surface area contributed by atoms with Crippen molar-refractivity contribution >= 4 is 45.4 Å². The summed E-state index contributed by atoms with van der Waals surface area (Å²) in [7, 11) is 0. The van der Waals surface area contributed by atoms with E-state index in [9.17, 15) is 9.18 Å². The van der Waals surface area contributed by atoms with Crippen LogP contribution in [-0.4, -0.2) is 35.0 Å². The van der Waals surface area contributed by atoms with Crippen LogP contribution in [0.4, 0.5) is 4.39 Å². The summed E-state index contributed by atoms with van der Waals surface area (Å²) >= 11 is 7.03. The summed E-state index contributed by atoms with van der Waals surface area (Å²) in [6, 6.07) is 4.10. The minimum atomic E-state index is -0.349. The lowest BCUT2D eigenvalue weighted by Crippen LogP contribution is -2.33. The zero-order chi connectivity index (χ0) is 13.0. The number of carbonyl (C=O) groups excluding carboxylic acids is 1. The van der Waals surface area contributed by atoms with E-state index in [2.05, 4.69) is 21.2 Å². The summed E-state index contributed by atoms with van der Waals surface area (Å²) in [5, 5.41) is 3.38. The molecule has 1 aromatic carbocycles. The van der Waals surface area contributed by atoms with Crippen LogP contribution in [-0.2, 0) is 0 Å². The lowest BCUT2D eigenvalue weighted by Gasteiger charge is -2.21. The summed E-state index contributed by atoms with van der Waals surface area (Å²) in [5.41, 5.74) is 0.477. The largest absolute Gasteiger partial charge is 0.351 e. The van der Waals surface area contributed by atoms with Gasteiger partial charge in [0.25, 0.3) is 5.91 Å². The third-order valence-electron chi connectivity index (χ3n) is 2.55. The molecule has 1 atom stereocenters. The normalized spacial score (nSPS) is 19.6. The van der Waals surface area contributed by atoms with E-state index in [1.54, 1.807) is 0 Å². The molecule has 0 bridgehead atoms. The number of hydrogen-bond donors (Lipinski definition) is 1. The van der Waals surface area contributed by atoms with Crippen molar-refractivity contribution in [2.45, 2.75) is 5.25 Å². The van der Waals surface area contributed by atoms with Crippen LogP contribution in [0.1, 0.15) is 10.4 Å². The fourth-order valence-corrected chi connectivity index (χ4v) is 4.77. The monoisotopic (exact) mass is 349 g/mol. The van der Waals surface area contributed by atoms with Crippen molar-refractivity contribution in [3.63, 3.8) is 0 Å². The van der Waals surface area contributed by atoms with E-state index < -0.39 is 0 Å². The smallest absolute Gasteiger partial charge is 0.252 e. The molecule has 2 nitrogen and oxygen atoms in total. The van der Waals surface area contributed by atoms with Gasteiger partial charge in [-0.15, -0.1) is 0 Å². The first-order valence-corrected chi connectivity index (χ1v) is 8.59. The zero-order valence-corrected chi connectivity index (χ0v) is 12.8. The van der Waals surface area contributed by atoms with Crippen LogP contribution >= 0.6 is 39.5 Å². The van der Waals surface area contributed by atoms with Gasteiger partial charge >= 0.3 is 0 Å². The fraction of sp³-hybridized carbons (Fsp3) is 0.417. The maximum atomic E-state index is 12.9. The maximum absolute atomic E-state index is 12.9. The van der Waals surface area contributed by atoms with Crippen LogP contribution in [0.5, 0.6) is 0 Å². The first-order chi connectivity index (χ1) is 8.66. The summed E-state index contributed by atoms with van der Waals surface area (Å²) in [4.78, 5) is 11.9. The van der Waals surface area contributed by atoms with Gasteiger partial charge in [-0.25, -0.2) is 4.39 Å². The molecule has 98 valence electrons. The van der Waals surface area contributed by atoms with Gasteiger partial charge in [0.1, 0.15) is 5.82 Å². The van der Waals surface area contributed by atoms with Gasteiger partial charge < -0.3 is 5.32 Å². The first kappa shape index (κ1) is 14.2. The highest BCUT2D eigenvalue weighted by Crippen LogP contribution is 2.23. The molecule has 0 spiro atoms. The van der Waals surface area contributed by atoms with E-state index in [0.717, 1.165) is 11.5 Å². The Kier molecular flexibility index (Phi) is 5.38. The second kappa shape index (κ2) is 6.82. The molecule has 1 heterocycles. The third-order valence-corrected chi connectivity index (χ3v) is 6.05. The predicted octanol–water partition coefficient (Wildman–Crippen LogP) is 3.17. The van der Waals surface area contributed by atoms with Gasteiger partial charge in [0, 0.05) is 33.5 Å². The maximum Gasteiger partial charge on any atom is 0.252 e. The van der Waals surface area contributed by atoms with Crippen molar-refractivity contribution in [1.82, 2.24) is 5.32 Å². The molecular formula is C12H13BrFNOS2. The van der Waals surface area contributed by atoms with Gasteiger partial charge in [-0.05, 0) is 34.1 Å². The van der Waals surface area contributed by atoms with E-state index in [4.69, 9.17) is 0 Å². The van der Waals surface area contributed by atoms with E-state index in [-0.39, 0.29) is 11.7 Å². The van der Waals surface area contributed by atoms with Crippen LogP contribution in [0.15, 0.2) is 22.7 Å². The number of carbonyl (C=O) groups is 1. The molecular weight excluding hydrogens is 337 g/mol. The van der Waals surface area contributed by atoms with Crippen molar-refractivity contribution in [3.8, 4) is 0 Å². The van der Waals surface area contributed by atoms with Crippen LogP contribution in [0.2, 0.25) is 0 Å². The average Bonchev–Trinajstić information content (AvgIpc) is 2.37. The number of rotatable bonds is 3. The van der Waals surface area contributed by atoms with Gasteiger partial charge in [-0.2, -0.15) is 23.5 Å². The Balaban J connectivity index is 1.90. The van der Waals surface area contributed by atoms with Crippen LogP contribution in [0.25, 0.3) is 0 Å². The summed E-state index contributed by atoms with van der Waals surface area (Å²) < 4.78 is 13.4. The van der Waals surface area contributed by atoms with Crippen LogP contribution in [0, 0.1) is 5.82 Å². The Morgan fingerprint density at radius 2 is 2.33 bits per heavy atom. The zero-order valence-electron chi connectivity index (χ0n) is 9.62. The molecule has 18 heavy (non-hydrogen) atoms. The summed E-state index contributed by atoms with van der Waals surface area (Å²) in [5.74, 6) is 2.91. The Labute approximate surface area is 123 Å². The Morgan fingerprint density at radius 1 is 1.50 bits per heavy atom. The third kappa shape index (κ3) is 3.90. The number of halogens is 2. The van der Waals surface area contributed by atoms with Crippen LogP contribution < -0.4 is 5.32 Å². The van der Waals surface area contributed by atoms with Gasteiger partial charge in [-0.3, -0.25) is 4.79 Å².